The number of likely N-dealkylation sites (N-methyl/N-ethyl adjacent to an activating group) is 1. The highest BCUT2D eigenvalue weighted by Gasteiger charge is 2.38. The van der Waals surface area contributed by atoms with Gasteiger partial charge in [0.25, 0.3) is 0 Å². The number of hydrogen-bond acceptors (Lipinski definition) is 6. The molecular formula is C25H34F3N5O. The number of aromatic nitrogens is 2. The number of benzene rings is 1. The first-order valence-corrected chi connectivity index (χ1v) is 12.3. The topological polar surface area (TPSA) is 44.7 Å². The van der Waals surface area contributed by atoms with Gasteiger partial charge in [0, 0.05) is 43.7 Å². The number of halogens is 3. The van der Waals surface area contributed by atoms with E-state index < -0.39 is 11.7 Å². The number of rotatable bonds is 6. The summed E-state index contributed by atoms with van der Waals surface area (Å²) >= 11 is 0. The van der Waals surface area contributed by atoms with E-state index in [0.29, 0.717) is 16.9 Å². The Bertz CT molecular complexity index is 1030. The van der Waals surface area contributed by atoms with Crippen LogP contribution in [0.4, 0.5) is 24.9 Å². The Morgan fingerprint density at radius 1 is 1.06 bits per heavy atom. The maximum absolute atomic E-state index is 13.5. The van der Waals surface area contributed by atoms with Gasteiger partial charge in [-0.25, -0.2) is 4.98 Å². The molecule has 1 aliphatic carbocycles. The van der Waals surface area contributed by atoms with Crippen molar-refractivity contribution in [3.05, 3.63) is 23.8 Å². The van der Waals surface area contributed by atoms with Crippen LogP contribution in [0.3, 0.4) is 0 Å². The van der Waals surface area contributed by atoms with Gasteiger partial charge in [0.2, 0.25) is 5.95 Å². The van der Waals surface area contributed by atoms with E-state index in [2.05, 4.69) is 40.7 Å². The number of fused-ring (bicyclic) bond motifs is 1. The highest BCUT2D eigenvalue weighted by molar-refractivity contribution is 5.91. The summed E-state index contributed by atoms with van der Waals surface area (Å²) in [4.78, 5) is 16.1. The van der Waals surface area contributed by atoms with Crippen LogP contribution < -0.4 is 9.80 Å². The second-order valence-electron chi connectivity index (χ2n) is 10.6. The molecule has 3 fully saturated rings. The van der Waals surface area contributed by atoms with Crippen molar-refractivity contribution in [3.8, 4) is 0 Å². The molecule has 1 aromatic carbocycles. The van der Waals surface area contributed by atoms with Crippen LogP contribution in [0.25, 0.3) is 10.9 Å². The molecule has 186 valence electrons. The third-order valence-corrected chi connectivity index (χ3v) is 7.81. The molecule has 0 radical (unpaired) electrons. The number of anilines is 2. The van der Waals surface area contributed by atoms with Crippen molar-refractivity contribution in [2.24, 2.45) is 5.92 Å². The van der Waals surface area contributed by atoms with E-state index in [1.54, 1.807) is 0 Å². The Balaban J connectivity index is 1.44. The minimum Gasteiger partial charge on any atom is -0.378 e. The van der Waals surface area contributed by atoms with Crippen molar-refractivity contribution >= 4 is 22.7 Å². The van der Waals surface area contributed by atoms with Gasteiger partial charge in [0.1, 0.15) is 5.82 Å². The molecule has 1 saturated carbocycles. The summed E-state index contributed by atoms with van der Waals surface area (Å²) in [5.41, 5.74) is -0.355. The SMILES string of the molecule is CN(C)C1(C)CCN(c2nc(N3CCC(OCC4CC4)CC3)c3ccc(C(F)(F)F)cc3n2)C1. The molecule has 2 aromatic rings. The van der Waals surface area contributed by atoms with Crippen LogP contribution in [0.2, 0.25) is 0 Å². The number of piperidine rings is 1. The molecule has 0 bridgehead atoms. The Morgan fingerprint density at radius 2 is 1.79 bits per heavy atom. The van der Waals surface area contributed by atoms with Crippen molar-refractivity contribution in [2.45, 2.75) is 56.8 Å². The number of ether oxygens (including phenoxy) is 1. The van der Waals surface area contributed by atoms with Gasteiger partial charge in [-0.15, -0.1) is 0 Å². The zero-order valence-electron chi connectivity index (χ0n) is 20.2. The molecular weight excluding hydrogens is 443 g/mol. The quantitative estimate of drug-likeness (QED) is 0.607. The molecule has 2 saturated heterocycles. The number of hydrogen-bond donors (Lipinski definition) is 0. The molecule has 0 amide bonds. The number of nitrogens with zero attached hydrogens (tertiary/aromatic N) is 5. The summed E-state index contributed by atoms with van der Waals surface area (Å²) in [5, 5.41) is 0.670. The predicted octanol–water partition coefficient (Wildman–Crippen LogP) is 4.57. The highest BCUT2D eigenvalue weighted by Crippen LogP contribution is 2.37. The van der Waals surface area contributed by atoms with Gasteiger partial charge in [0.15, 0.2) is 0 Å². The van der Waals surface area contributed by atoms with Crippen LogP contribution in [0.1, 0.15) is 44.6 Å². The van der Waals surface area contributed by atoms with Crippen LogP contribution >= 0.6 is 0 Å². The third kappa shape index (κ3) is 4.82. The second kappa shape index (κ2) is 8.82. The molecule has 0 N–H and O–H groups in total. The largest absolute Gasteiger partial charge is 0.416 e. The van der Waals surface area contributed by atoms with E-state index in [1.807, 2.05) is 0 Å². The van der Waals surface area contributed by atoms with Gasteiger partial charge in [-0.3, -0.25) is 0 Å². The Labute approximate surface area is 199 Å². The van der Waals surface area contributed by atoms with E-state index in [-0.39, 0.29) is 11.6 Å². The molecule has 5 rings (SSSR count). The van der Waals surface area contributed by atoms with Crippen molar-refractivity contribution < 1.29 is 17.9 Å². The van der Waals surface area contributed by atoms with Crippen LogP contribution in [0.15, 0.2) is 18.2 Å². The zero-order chi connectivity index (χ0) is 24.1. The fraction of sp³-hybridized carbons (Fsp3) is 0.680. The summed E-state index contributed by atoms with van der Waals surface area (Å²) in [5.74, 6) is 1.98. The Hall–Kier alpha value is -2.13. The third-order valence-electron chi connectivity index (χ3n) is 7.81. The fourth-order valence-corrected chi connectivity index (χ4v) is 4.93. The summed E-state index contributed by atoms with van der Waals surface area (Å²) in [6.45, 7) is 6.11. The van der Waals surface area contributed by atoms with Crippen molar-refractivity contribution in [1.82, 2.24) is 14.9 Å². The highest BCUT2D eigenvalue weighted by atomic mass is 19.4. The van der Waals surface area contributed by atoms with Gasteiger partial charge < -0.3 is 19.4 Å². The average Bonchev–Trinajstić information content (AvgIpc) is 3.55. The summed E-state index contributed by atoms with van der Waals surface area (Å²) in [6, 6.07) is 3.83. The monoisotopic (exact) mass is 477 g/mol. The van der Waals surface area contributed by atoms with Crippen LogP contribution in [0, 0.1) is 5.92 Å². The lowest BCUT2D eigenvalue weighted by Crippen LogP contribution is -2.44. The minimum atomic E-state index is -4.41. The first kappa shape index (κ1) is 23.6. The molecule has 9 heteroatoms. The Morgan fingerprint density at radius 3 is 2.41 bits per heavy atom. The van der Waals surface area contributed by atoms with Gasteiger partial charge in [-0.05, 0) is 77.2 Å². The molecule has 34 heavy (non-hydrogen) atoms. The van der Waals surface area contributed by atoms with Crippen LogP contribution in [0.5, 0.6) is 0 Å². The first-order chi connectivity index (χ1) is 16.1. The lowest BCUT2D eigenvalue weighted by atomic mass is 10.0. The maximum atomic E-state index is 13.5. The van der Waals surface area contributed by atoms with Crippen LogP contribution in [-0.4, -0.2) is 73.4 Å². The average molecular weight is 478 g/mol. The van der Waals surface area contributed by atoms with Crippen molar-refractivity contribution in [2.75, 3.05) is 56.7 Å². The summed E-state index contributed by atoms with van der Waals surface area (Å²) in [7, 11) is 4.11. The number of alkyl halides is 3. The van der Waals surface area contributed by atoms with Gasteiger partial charge in [-0.1, -0.05) is 0 Å². The smallest absolute Gasteiger partial charge is 0.378 e. The molecule has 1 aromatic heterocycles. The van der Waals surface area contributed by atoms with E-state index in [1.165, 1.54) is 18.9 Å². The molecule has 1 unspecified atom stereocenters. The van der Waals surface area contributed by atoms with Gasteiger partial charge >= 0.3 is 6.18 Å². The second-order valence-corrected chi connectivity index (χ2v) is 10.6. The zero-order valence-corrected chi connectivity index (χ0v) is 20.2. The molecule has 6 nitrogen and oxygen atoms in total. The first-order valence-electron chi connectivity index (χ1n) is 12.3. The van der Waals surface area contributed by atoms with E-state index >= 15 is 0 Å². The molecule has 3 aliphatic rings. The summed E-state index contributed by atoms with van der Waals surface area (Å²) in [6.07, 6.45) is 1.14. The molecule has 1 atom stereocenters. The van der Waals surface area contributed by atoms with E-state index in [9.17, 15) is 13.2 Å². The fourth-order valence-electron chi connectivity index (χ4n) is 4.93. The molecule has 3 heterocycles. The minimum absolute atomic E-state index is 0.0243. The summed E-state index contributed by atoms with van der Waals surface area (Å²) < 4.78 is 46.5. The standard InChI is InChI=1S/C25H34F3N5O/c1-24(31(2)3)10-13-33(16-24)23-29-21-14-18(25(26,27)28)6-7-20(21)22(30-23)32-11-8-19(9-12-32)34-15-17-4-5-17/h6-7,14,17,19H,4-5,8-13,15-16H2,1-3H3. The van der Waals surface area contributed by atoms with E-state index in [4.69, 9.17) is 9.72 Å². The van der Waals surface area contributed by atoms with Crippen LogP contribution in [-0.2, 0) is 10.9 Å². The van der Waals surface area contributed by atoms with Crippen molar-refractivity contribution in [3.63, 3.8) is 0 Å². The normalized spacial score (nSPS) is 24.6. The van der Waals surface area contributed by atoms with Crippen molar-refractivity contribution in [1.29, 1.82) is 0 Å². The lowest BCUT2D eigenvalue weighted by Gasteiger charge is -2.34. The maximum Gasteiger partial charge on any atom is 0.416 e. The Kier molecular flexibility index (Phi) is 6.13. The molecule has 0 spiro atoms. The predicted molar refractivity (Wildman–Crippen MR) is 127 cm³/mol. The van der Waals surface area contributed by atoms with E-state index in [0.717, 1.165) is 75.9 Å². The lowest BCUT2D eigenvalue weighted by molar-refractivity contribution is -0.137. The molecule has 2 aliphatic heterocycles. The van der Waals surface area contributed by atoms with Gasteiger partial charge in [0.05, 0.1) is 17.2 Å². The van der Waals surface area contributed by atoms with Gasteiger partial charge in [-0.2, -0.15) is 18.2 Å².